The zero-order valence-electron chi connectivity index (χ0n) is 17.1. The molecule has 0 atom stereocenters. The van der Waals surface area contributed by atoms with Crippen LogP contribution in [-0.2, 0) is 11.8 Å². The molecule has 0 N–H and O–H groups in total. The fourth-order valence-corrected chi connectivity index (χ4v) is 4.15. The summed E-state index contributed by atoms with van der Waals surface area (Å²) in [6.07, 6.45) is 3.69. The summed E-state index contributed by atoms with van der Waals surface area (Å²) < 4.78 is 7.99. The zero-order valence-corrected chi connectivity index (χ0v) is 17.1. The predicted octanol–water partition coefficient (Wildman–Crippen LogP) is 4.64. The Morgan fingerprint density at radius 3 is 2.52 bits per heavy atom. The summed E-state index contributed by atoms with van der Waals surface area (Å²) in [6.45, 7) is 3.65. The molecule has 1 fully saturated rings. The number of aryl methyl sites for hydroxylation is 2. The molecule has 1 saturated carbocycles. The monoisotopic (exact) mass is 390 g/mol. The van der Waals surface area contributed by atoms with Crippen molar-refractivity contribution in [1.82, 2.24) is 9.55 Å². The van der Waals surface area contributed by atoms with Gasteiger partial charge in [0.15, 0.2) is 5.82 Å². The highest BCUT2D eigenvalue weighted by molar-refractivity contribution is 6.08. The van der Waals surface area contributed by atoms with Gasteiger partial charge in [-0.2, -0.15) is 0 Å². The molecule has 0 spiro atoms. The maximum atomic E-state index is 12.9. The minimum absolute atomic E-state index is 0.0857. The van der Waals surface area contributed by atoms with Gasteiger partial charge >= 0.3 is 0 Å². The summed E-state index contributed by atoms with van der Waals surface area (Å²) in [5.41, 5.74) is 3.33. The zero-order chi connectivity index (χ0) is 20.5. The second-order valence-corrected chi connectivity index (χ2v) is 8.05. The van der Waals surface area contributed by atoms with Crippen LogP contribution in [0.15, 0.2) is 42.5 Å². The van der Waals surface area contributed by atoms with Gasteiger partial charge < -0.3 is 9.30 Å². The van der Waals surface area contributed by atoms with Gasteiger partial charge in [0.2, 0.25) is 5.78 Å². The van der Waals surface area contributed by atoms with E-state index in [2.05, 4.69) is 4.98 Å². The number of imidazole rings is 1. The number of ether oxygens (including phenoxy) is 1. The molecule has 0 aliphatic heterocycles. The number of fused-ring (bicyclic) bond motifs is 1. The molecule has 1 aliphatic rings. The van der Waals surface area contributed by atoms with E-state index in [-0.39, 0.29) is 23.6 Å². The van der Waals surface area contributed by atoms with E-state index in [1.54, 1.807) is 6.92 Å². The quantitative estimate of drug-likeness (QED) is 0.596. The fraction of sp³-hybridized carbons (Fsp3) is 0.375. The molecule has 1 aromatic heterocycles. The summed E-state index contributed by atoms with van der Waals surface area (Å²) in [5.74, 6) is 1.56. The summed E-state index contributed by atoms with van der Waals surface area (Å²) in [4.78, 5) is 29.1. The van der Waals surface area contributed by atoms with Gasteiger partial charge in [-0.25, -0.2) is 4.98 Å². The summed E-state index contributed by atoms with van der Waals surface area (Å²) in [5, 5.41) is 0. The molecule has 150 valence electrons. The van der Waals surface area contributed by atoms with Crippen molar-refractivity contribution in [3.8, 4) is 5.75 Å². The van der Waals surface area contributed by atoms with Gasteiger partial charge in [-0.05, 0) is 57.7 Å². The Kier molecular flexibility index (Phi) is 5.22. The lowest BCUT2D eigenvalue weighted by Gasteiger charge is -2.27. The molecule has 2 aromatic carbocycles. The van der Waals surface area contributed by atoms with Crippen molar-refractivity contribution in [3.05, 3.63) is 59.4 Å². The Morgan fingerprint density at radius 1 is 1.07 bits per heavy atom. The van der Waals surface area contributed by atoms with Crippen molar-refractivity contribution in [1.29, 1.82) is 0 Å². The van der Waals surface area contributed by atoms with Crippen LogP contribution < -0.4 is 4.74 Å². The van der Waals surface area contributed by atoms with Crippen LogP contribution in [0.5, 0.6) is 5.75 Å². The number of carbonyl (C=O) groups excluding carboxylic acids is 2. The molecule has 0 saturated heterocycles. The lowest BCUT2D eigenvalue weighted by Crippen LogP contribution is -2.26. The second kappa shape index (κ2) is 7.82. The van der Waals surface area contributed by atoms with Crippen LogP contribution in [0, 0.1) is 12.8 Å². The minimum Gasteiger partial charge on any atom is -0.490 e. The number of carbonyl (C=O) groups is 2. The van der Waals surface area contributed by atoms with Gasteiger partial charge in [-0.1, -0.05) is 23.8 Å². The van der Waals surface area contributed by atoms with E-state index in [9.17, 15) is 9.59 Å². The molecular weight excluding hydrogens is 364 g/mol. The lowest BCUT2D eigenvalue weighted by atomic mass is 9.85. The SMILES string of the molecule is CC(=O)C1CCC(Oc2ccc3c(c2)nc(C(=O)c2cccc(C)c2)n3C)CC1. The van der Waals surface area contributed by atoms with E-state index in [1.807, 2.05) is 61.0 Å². The maximum Gasteiger partial charge on any atom is 0.228 e. The van der Waals surface area contributed by atoms with Gasteiger partial charge in [0, 0.05) is 24.6 Å². The van der Waals surface area contributed by atoms with Crippen LogP contribution in [0.2, 0.25) is 0 Å². The maximum absolute atomic E-state index is 12.9. The normalized spacial score (nSPS) is 19.3. The van der Waals surface area contributed by atoms with Gasteiger partial charge in [-0.3, -0.25) is 9.59 Å². The van der Waals surface area contributed by atoms with E-state index < -0.39 is 0 Å². The van der Waals surface area contributed by atoms with Crippen molar-refractivity contribution in [2.75, 3.05) is 0 Å². The van der Waals surface area contributed by atoms with Gasteiger partial charge in [-0.15, -0.1) is 0 Å². The number of ketones is 2. The smallest absolute Gasteiger partial charge is 0.228 e. The molecule has 5 nitrogen and oxygen atoms in total. The molecule has 3 aromatic rings. The van der Waals surface area contributed by atoms with E-state index in [1.165, 1.54) is 0 Å². The van der Waals surface area contributed by atoms with E-state index >= 15 is 0 Å². The Balaban J connectivity index is 1.54. The third kappa shape index (κ3) is 3.95. The first-order valence-electron chi connectivity index (χ1n) is 10.2. The topological polar surface area (TPSA) is 61.2 Å². The molecular formula is C24H26N2O3. The molecule has 0 radical (unpaired) electrons. The lowest BCUT2D eigenvalue weighted by molar-refractivity contribution is -0.122. The van der Waals surface area contributed by atoms with Crippen molar-refractivity contribution in [3.63, 3.8) is 0 Å². The Labute approximate surface area is 170 Å². The minimum atomic E-state index is -0.0857. The molecule has 0 amide bonds. The molecule has 1 aliphatic carbocycles. The molecule has 0 unspecified atom stereocenters. The Morgan fingerprint density at radius 2 is 1.83 bits per heavy atom. The fourth-order valence-electron chi connectivity index (χ4n) is 4.15. The van der Waals surface area contributed by atoms with Crippen molar-refractivity contribution in [2.24, 2.45) is 13.0 Å². The standard InChI is InChI=1S/C24H26N2O3/c1-15-5-4-6-18(13-15)23(28)24-25-21-14-20(11-12-22(21)26(24)3)29-19-9-7-17(8-10-19)16(2)27/h4-6,11-14,17,19H,7-10H2,1-3H3. The number of aromatic nitrogens is 2. The van der Waals surface area contributed by atoms with E-state index in [0.717, 1.165) is 48.0 Å². The molecule has 5 heteroatoms. The van der Waals surface area contributed by atoms with Crippen LogP contribution in [0.25, 0.3) is 11.0 Å². The summed E-state index contributed by atoms with van der Waals surface area (Å²) in [7, 11) is 1.86. The number of hydrogen-bond acceptors (Lipinski definition) is 4. The average Bonchev–Trinajstić information content (AvgIpc) is 3.04. The second-order valence-electron chi connectivity index (χ2n) is 8.05. The van der Waals surface area contributed by atoms with Gasteiger partial charge in [0.05, 0.1) is 17.1 Å². The summed E-state index contributed by atoms with van der Waals surface area (Å²) in [6, 6.07) is 13.3. The molecule has 1 heterocycles. The van der Waals surface area contributed by atoms with Gasteiger partial charge in [0.1, 0.15) is 11.5 Å². The van der Waals surface area contributed by atoms with Crippen LogP contribution >= 0.6 is 0 Å². The first kappa shape index (κ1) is 19.4. The highest BCUT2D eigenvalue weighted by atomic mass is 16.5. The molecule has 4 rings (SSSR count). The highest BCUT2D eigenvalue weighted by Crippen LogP contribution is 2.30. The van der Waals surface area contributed by atoms with Crippen LogP contribution in [0.3, 0.4) is 0 Å². The van der Waals surface area contributed by atoms with E-state index in [0.29, 0.717) is 11.4 Å². The number of nitrogens with zero attached hydrogens (tertiary/aromatic N) is 2. The van der Waals surface area contributed by atoms with Crippen molar-refractivity contribution in [2.45, 2.75) is 45.6 Å². The van der Waals surface area contributed by atoms with Crippen LogP contribution in [-0.4, -0.2) is 27.2 Å². The number of Topliss-reactive ketones (excluding diaryl/α,β-unsaturated/α-hetero) is 1. The first-order chi connectivity index (χ1) is 13.9. The highest BCUT2D eigenvalue weighted by Gasteiger charge is 2.25. The molecule has 29 heavy (non-hydrogen) atoms. The van der Waals surface area contributed by atoms with Crippen molar-refractivity contribution >= 4 is 22.6 Å². The Bertz CT molecular complexity index is 1070. The van der Waals surface area contributed by atoms with E-state index in [4.69, 9.17) is 4.74 Å². The average molecular weight is 390 g/mol. The van der Waals surface area contributed by atoms with Gasteiger partial charge in [0.25, 0.3) is 0 Å². The number of benzene rings is 2. The predicted molar refractivity (Wildman–Crippen MR) is 112 cm³/mol. The third-order valence-corrected chi connectivity index (χ3v) is 5.89. The number of rotatable bonds is 5. The largest absolute Gasteiger partial charge is 0.490 e. The van der Waals surface area contributed by atoms with Crippen LogP contribution in [0.4, 0.5) is 0 Å². The summed E-state index contributed by atoms with van der Waals surface area (Å²) >= 11 is 0. The third-order valence-electron chi connectivity index (χ3n) is 5.89. The number of hydrogen-bond donors (Lipinski definition) is 0. The first-order valence-corrected chi connectivity index (χ1v) is 10.2. The Hall–Kier alpha value is -2.95. The van der Waals surface area contributed by atoms with Crippen LogP contribution in [0.1, 0.15) is 54.4 Å². The molecule has 0 bridgehead atoms. The van der Waals surface area contributed by atoms with Crippen molar-refractivity contribution < 1.29 is 14.3 Å².